The maximum absolute atomic E-state index is 13.7. The van der Waals surface area contributed by atoms with E-state index in [-0.39, 0.29) is 36.1 Å². The normalized spacial score (nSPS) is 13.4. The van der Waals surface area contributed by atoms with Crippen LogP contribution in [0.5, 0.6) is 11.5 Å². The molecule has 16 heteroatoms. The molecule has 0 amide bonds. The molecule has 0 saturated carbocycles. The molecule has 2 aromatic heterocycles. The summed E-state index contributed by atoms with van der Waals surface area (Å²) in [5, 5.41) is 9.14. The van der Waals surface area contributed by atoms with Gasteiger partial charge in [0.15, 0.2) is 19.7 Å². The van der Waals surface area contributed by atoms with Crippen molar-refractivity contribution >= 4 is 53.4 Å². The Balaban J connectivity index is 1.18. The molecule has 0 saturated heterocycles. The highest BCUT2D eigenvalue weighted by molar-refractivity contribution is 7.91. The second-order valence-electron chi connectivity index (χ2n) is 17.7. The summed E-state index contributed by atoms with van der Waals surface area (Å²) in [6.07, 6.45) is 5.45. The van der Waals surface area contributed by atoms with E-state index in [0.717, 1.165) is 45.4 Å². The number of fused-ring (bicyclic) bond motifs is 2. The number of H-pyrrole nitrogens is 2. The maximum atomic E-state index is 13.7. The zero-order valence-corrected chi connectivity index (χ0v) is 39.2. The molecule has 0 aliphatic heterocycles. The van der Waals surface area contributed by atoms with Crippen molar-refractivity contribution in [2.75, 3.05) is 38.8 Å². The number of aromatic amines is 2. The number of benzene rings is 4. The SMILES string of the molecule is Cc1cc(S(C)(=O)=O)ccc1OCC(CNC(C)(C)Cc1c[nH]c2ccccc12)OC(=O)C(=O)OC(CNC(C)(C)Cc1c[nH]c2ccccc12)COc1ccc(S(C)(=O)=O)cc1C. The van der Waals surface area contributed by atoms with E-state index in [0.29, 0.717) is 35.5 Å². The average molecular weight is 915 g/mol. The molecule has 0 aliphatic carbocycles. The Kier molecular flexibility index (Phi) is 14.6. The van der Waals surface area contributed by atoms with E-state index >= 15 is 0 Å². The number of hydrogen-bond donors (Lipinski definition) is 4. The molecule has 0 aliphatic rings. The van der Waals surface area contributed by atoms with Gasteiger partial charge in [0.2, 0.25) is 0 Å². The quantitative estimate of drug-likeness (QED) is 0.0476. The lowest BCUT2D eigenvalue weighted by Gasteiger charge is -2.30. The summed E-state index contributed by atoms with van der Waals surface area (Å²) in [6, 6.07) is 25.0. The molecular weight excluding hydrogens is 857 g/mol. The second kappa shape index (κ2) is 19.6. The van der Waals surface area contributed by atoms with E-state index in [1.165, 1.54) is 24.3 Å². The smallest absolute Gasteiger partial charge is 0.417 e. The van der Waals surface area contributed by atoms with Crippen LogP contribution in [0.15, 0.2) is 107 Å². The third-order valence-electron chi connectivity index (χ3n) is 10.9. The van der Waals surface area contributed by atoms with Crippen LogP contribution in [-0.4, -0.2) is 101 Å². The summed E-state index contributed by atoms with van der Waals surface area (Å²) >= 11 is 0. The number of aryl methyl sites for hydroxylation is 2. The maximum Gasteiger partial charge on any atom is 0.417 e. The number of esters is 2. The number of sulfone groups is 2. The third-order valence-corrected chi connectivity index (χ3v) is 13.2. The molecule has 2 heterocycles. The predicted molar refractivity (Wildman–Crippen MR) is 247 cm³/mol. The second-order valence-corrected chi connectivity index (χ2v) is 21.7. The number of carbonyl (C=O) groups excluding carboxylic acids is 2. The number of rotatable bonds is 20. The molecule has 4 N–H and O–H groups in total. The van der Waals surface area contributed by atoms with Gasteiger partial charge in [-0.25, -0.2) is 26.4 Å². The highest BCUT2D eigenvalue weighted by atomic mass is 32.2. The van der Waals surface area contributed by atoms with Crippen molar-refractivity contribution in [2.45, 2.75) is 87.5 Å². The van der Waals surface area contributed by atoms with E-state index in [4.69, 9.17) is 18.9 Å². The van der Waals surface area contributed by atoms with E-state index in [9.17, 15) is 26.4 Å². The molecule has 6 rings (SSSR count). The number of aromatic nitrogens is 2. The van der Waals surface area contributed by atoms with Gasteiger partial charge in [-0.05, 0) is 125 Å². The Bertz CT molecular complexity index is 2650. The molecule has 0 fully saturated rings. The van der Waals surface area contributed by atoms with Crippen LogP contribution in [0, 0.1) is 13.8 Å². The largest absolute Gasteiger partial charge is 0.489 e. The zero-order valence-electron chi connectivity index (χ0n) is 37.5. The topological polar surface area (TPSA) is 195 Å². The minimum Gasteiger partial charge on any atom is -0.489 e. The Morgan fingerprint density at radius 1 is 0.594 bits per heavy atom. The number of nitrogens with one attached hydrogen (secondary N) is 4. The molecule has 0 spiro atoms. The summed E-state index contributed by atoms with van der Waals surface area (Å²) in [5.41, 5.74) is 4.32. The molecule has 0 bridgehead atoms. The van der Waals surface area contributed by atoms with E-state index < -0.39 is 54.9 Å². The first kappa shape index (κ1) is 47.8. The van der Waals surface area contributed by atoms with Gasteiger partial charge in [-0.2, -0.15) is 0 Å². The van der Waals surface area contributed by atoms with Gasteiger partial charge in [0.25, 0.3) is 0 Å². The van der Waals surface area contributed by atoms with E-state index in [1.54, 1.807) is 26.0 Å². The van der Waals surface area contributed by atoms with Gasteiger partial charge >= 0.3 is 11.9 Å². The standard InChI is InChI=1S/C48H58N4O10S2/c1-31-21-37(63(7,55)56)17-19-43(31)59-29-35(27-51-47(3,4)23-33-25-49-41-15-11-9-13-39(33)41)61-45(53)46(54)62-36(30-60-44-20-18-38(22-32(44)2)64(8,57)58)28-52-48(5,6)24-34-26-50-42-16-12-10-14-40(34)42/h9-22,25-26,35-36,49-52H,23-24,27-30H2,1-8H3. The minimum absolute atomic E-state index is 0.0910. The Morgan fingerprint density at radius 3 is 1.33 bits per heavy atom. The highest BCUT2D eigenvalue weighted by Gasteiger charge is 2.30. The minimum atomic E-state index is -3.46. The number of carbonyl (C=O) groups is 2. The van der Waals surface area contributed by atoms with Crippen molar-refractivity contribution in [1.82, 2.24) is 20.6 Å². The number of hydrogen-bond acceptors (Lipinski definition) is 12. The summed E-state index contributed by atoms with van der Waals surface area (Å²) in [4.78, 5) is 34.2. The Labute approximate surface area is 375 Å². The number of para-hydroxylation sites is 2. The lowest BCUT2D eigenvalue weighted by atomic mass is 9.94. The first-order valence-corrected chi connectivity index (χ1v) is 24.7. The van der Waals surface area contributed by atoms with Crippen LogP contribution in [0.2, 0.25) is 0 Å². The van der Waals surface area contributed by atoms with Crippen molar-refractivity contribution in [1.29, 1.82) is 0 Å². The fourth-order valence-electron chi connectivity index (χ4n) is 7.48. The van der Waals surface area contributed by atoms with Crippen LogP contribution in [0.3, 0.4) is 0 Å². The van der Waals surface area contributed by atoms with Gasteiger partial charge in [-0.15, -0.1) is 0 Å². The Hall–Kier alpha value is -5.68. The van der Waals surface area contributed by atoms with Crippen LogP contribution < -0.4 is 20.1 Å². The van der Waals surface area contributed by atoms with Gasteiger partial charge in [0.1, 0.15) is 36.9 Å². The van der Waals surface area contributed by atoms with Crippen LogP contribution in [-0.2, 0) is 51.6 Å². The van der Waals surface area contributed by atoms with Crippen molar-refractivity contribution in [3.8, 4) is 11.5 Å². The molecule has 342 valence electrons. The fourth-order valence-corrected chi connectivity index (χ4v) is 8.89. The highest BCUT2D eigenvalue weighted by Crippen LogP contribution is 2.26. The molecule has 2 unspecified atom stereocenters. The van der Waals surface area contributed by atoms with Gasteiger partial charge in [-0.3, -0.25) is 0 Å². The molecule has 4 aromatic carbocycles. The molecule has 14 nitrogen and oxygen atoms in total. The van der Waals surface area contributed by atoms with Crippen molar-refractivity contribution < 1.29 is 45.4 Å². The van der Waals surface area contributed by atoms with Gasteiger partial charge in [0, 0.05) is 70.9 Å². The van der Waals surface area contributed by atoms with Crippen molar-refractivity contribution in [2.24, 2.45) is 0 Å². The predicted octanol–water partition coefficient (Wildman–Crippen LogP) is 6.58. The molecule has 64 heavy (non-hydrogen) atoms. The molecular formula is C48H58N4O10S2. The number of ether oxygens (including phenoxy) is 4. The van der Waals surface area contributed by atoms with Crippen LogP contribution in [0.25, 0.3) is 21.8 Å². The van der Waals surface area contributed by atoms with Crippen LogP contribution in [0.4, 0.5) is 0 Å². The monoisotopic (exact) mass is 914 g/mol. The van der Waals surface area contributed by atoms with Crippen LogP contribution >= 0.6 is 0 Å². The lowest BCUT2D eigenvalue weighted by Crippen LogP contribution is -2.49. The van der Waals surface area contributed by atoms with E-state index in [2.05, 4.69) is 20.6 Å². The van der Waals surface area contributed by atoms with Crippen molar-refractivity contribution in [3.05, 3.63) is 120 Å². The first-order valence-electron chi connectivity index (χ1n) is 21.0. The summed E-state index contributed by atoms with van der Waals surface area (Å²) < 4.78 is 72.5. The summed E-state index contributed by atoms with van der Waals surface area (Å²) in [5.74, 6) is -1.73. The molecule has 6 aromatic rings. The lowest BCUT2D eigenvalue weighted by molar-refractivity contribution is -0.175. The van der Waals surface area contributed by atoms with E-state index in [1.807, 2.05) is 88.6 Å². The fraction of sp³-hybridized carbons (Fsp3) is 0.375. The van der Waals surface area contributed by atoms with Crippen molar-refractivity contribution in [3.63, 3.8) is 0 Å². The van der Waals surface area contributed by atoms with Crippen LogP contribution in [0.1, 0.15) is 49.9 Å². The average Bonchev–Trinajstić information content (AvgIpc) is 3.82. The third kappa shape index (κ3) is 12.7. The van der Waals surface area contributed by atoms with Gasteiger partial charge in [0.05, 0.1) is 9.79 Å². The summed E-state index contributed by atoms with van der Waals surface area (Å²) in [7, 11) is -6.91. The molecule has 0 radical (unpaired) electrons. The summed E-state index contributed by atoms with van der Waals surface area (Å²) in [6.45, 7) is 11.3. The first-order chi connectivity index (χ1) is 30.1. The zero-order chi connectivity index (χ0) is 46.5. The van der Waals surface area contributed by atoms with Gasteiger partial charge in [-0.1, -0.05) is 36.4 Å². The Morgan fingerprint density at radius 2 is 0.969 bits per heavy atom. The molecule has 2 atom stereocenters. The van der Waals surface area contributed by atoms with Gasteiger partial charge < -0.3 is 39.5 Å².